The van der Waals surface area contributed by atoms with E-state index in [0.717, 1.165) is 0 Å². The lowest BCUT2D eigenvalue weighted by Crippen LogP contribution is -2.41. The second kappa shape index (κ2) is 7.05. The van der Waals surface area contributed by atoms with Gasteiger partial charge in [-0.25, -0.2) is 0 Å². The minimum absolute atomic E-state index is 0.249. The third-order valence-electron chi connectivity index (χ3n) is 0.847. The average molecular weight is 160 g/mol. The minimum atomic E-state index is -0.567. The van der Waals surface area contributed by atoms with E-state index in [1.54, 1.807) is 0 Å². The highest BCUT2D eigenvalue weighted by Gasteiger charge is 2.07. The molecular weight excluding hydrogens is 144 g/mol. The number of carbonyl (C=O) groups is 2. The van der Waals surface area contributed by atoms with Gasteiger partial charge in [0.2, 0.25) is 11.8 Å². The highest BCUT2D eigenvalue weighted by Crippen LogP contribution is 1.76. The van der Waals surface area contributed by atoms with E-state index in [1.807, 2.05) is 13.8 Å². The molecule has 2 amide bonds. The summed E-state index contributed by atoms with van der Waals surface area (Å²) in [5.74, 6) is -0.772. The molecule has 0 bridgehead atoms. The third kappa shape index (κ3) is 8.94. The van der Waals surface area contributed by atoms with Gasteiger partial charge in [0.15, 0.2) is 0 Å². The van der Waals surface area contributed by atoms with Crippen molar-refractivity contribution in [1.82, 2.24) is 5.32 Å². The predicted molar refractivity (Wildman–Crippen MR) is 43.8 cm³/mol. The molecule has 0 unspecified atom stereocenters. The molecule has 0 aliphatic rings. The normalized spacial score (nSPS) is 10.5. The average Bonchev–Trinajstić information content (AvgIpc) is 1.90. The number of rotatable bonds is 2. The highest BCUT2D eigenvalue weighted by molar-refractivity contribution is 5.85. The molecule has 0 saturated heterocycles. The zero-order valence-electron chi connectivity index (χ0n) is 7.47. The van der Waals surface area contributed by atoms with Crippen LogP contribution in [0.4, 0.5) is 0 Å². The molecule has 0 aromatic carbocycles. The van der Waals surface area contributed by atoms with Gasteiger partial charge in [0.1, 0.15) is 6.04 Å². The van der Waals surface area contributed by atoms with Gasteiger partial charge in [-0.15, -0.1) is 0 Å². The maximum Gasteiger partial charge on any atom is 0.239 e. The van der Waals surface area contributed by atoms with Gasteiger partial charge in [0, 0.05) is 6.92 Å². The number of amides is 2. The molecule has 0 radical (unpaired) electrons. The number of hydrogen-bond donors (Lipinski definition) is 2. The molecule has 0 heterocycles. The summed E-state index contributed by atoms with van der Waals surface area (Å²) in [6.45, 7) is 6.86. The van der Waals surface area contributed by atoms with E-state index in [0.29, 0.717) is 0 Å². The van der Waals surface area contributed by atoms with E-state index < -0.39 is 11.9 Å². The van der Waals surface area contributed by atoms with Crippen LogP contribution in [0.2, 0.25) is 0 Å². The Morgan fingerprint density at radius 2 is 1.73 bits per heavy atom. The first-order valence-electron chi connectivity index (χ1n) is 3.60. The Labute approximate surface area is 67.1 Å². The summed E-state index contributed by atoms with van der Waals surface area (Å²) in [6, 6.07) is -0.567. The van der Waals surface area contributed by atoms with Crippen LogP contribution in [0.15, 0.2) is 0 Å². The van der Waals surface area contributed by atoms with Crippen molar-refractivity contribution in [3.63, 3.8) is 0 Å². The Balaban J connectivity index is 0. The summed E-state index contributed by atoms with van der Waals surface area (Å²) < 4.78 is 0. The Morgan fingerprint density at radius 1 is 1.36 bits per heavy atom. The number of nitrogens with one attached hydrogen (secondary N) is 1. The van der Waals surface area contributed by atoms with Crippen LogP contribution < -0.4 is 11.1 Å². The number of hydrogen-bond acceptors (Lipinski definition) is 2. The number of carbonyl (C=O) groups excluding carboxylic acids is 2. The van der Waals surface area contributed by atoms with E-state index in [-0.39, 0.29) is 5.91 Å². The zero-order valence-corrected chi connectivity index (χ0v) is 7.47. The van der Waals surface area contributed by atoms with E-state index >= 15 is 0 Å². The molecule has 0 aliphatic carbocycles. The summed E-state index contributed by atoms with van der Waals surface area (Å²) in [5, 5.41) is 2.33. The topological polar surface area (TPSA) is 72.2 Å². The number of primary amides is 1. The van der Waals surface area contributed by atoms with Gasteiger partial charge >= 0.3 is 0 Å². The lowest BCUT2D eigenvalue weighted by atomic mass is 10.3. The van der Waals surface area contributed by atoms with Gasteiger partial charge in [-0.1, -0.05) is 13.8 Å². The van der Waals surface area contributed by atoms with Crippen molar-refractivity contribution in [2.24, 2.45) is 5.73 Å². The maximum absolute atomic E-state index is 10.2. The summed E-state index contributed by atoms with van der Waals surface area (Å²) >= 11 is 0. The molecule has 0 saturated carbocycles. The molecule has 3 N–H and O–H groups in total. The van der Waals surface area contributed by atoms with E-state index in [4.69, 9.17) is 5.73 Å². The van der Waals surface area contributed by atoms with Crippen LogP contribution in [0.5, 0.6) is 0 Å². The van der Waals surface area contributed by atoms with Crippen LogP contribution in [-0.2, 0) is 9.59 Å². The van der Waals surface area contributed by atoms with Gasteiger partial charge in [-0.05, 0) is 6.92 Å². The van der Waals surface area contributed by atoms with Gasteiger partial charge in [-0.3, -0.25) is 9.59 Å². The lowest BCUT2D eigenvalue weighted by Gasteiger charge is -2.05. The fraction of sp³-hybridized carbons (Fsp3) is 0.714. The SMILES string of the molecule is CC.CC(=O)N[C@@H](C)C(N)=O. The Kier molecular flexibility index (Phi) is 8.08. The fourth-order valence-electron chi connectivity index (χ4n) is 0.376. The van der Waals surface area contributed by atoms with E-state index in [1.165, 1.54) is 13.8 Å². The summed E-state index contributed by atoms with van der Waals surface area (Å²) in [4.78, 5) is 20.5. The van der Waals surface area contributed by atoms with Crippen molar-refractivity contribution in [2.75, 3.05) is 0 Å². The molecule has 66 valence electrons. The second-order valence-electron chi connectivity index (χ2n) is 1.82. The first-order chi connectivity index (χ1) is 5.04. The minimum Gasteiger partial charge on any atom is -0.368 e. The smallest absolute Gasteiger partial charge is 0.239 e. The molecule has 0 rings (SSSR count). The largest absolute Gasteiger partial charge is 0.368 e. The van der Waals surface area contributed by atoms with Gasteiger partial charge in [0.25, 0.3) is 0 Å². The monoisotopic (exact) mass is 160 g/mol. The molecule has 1 atom stereocenters. The lowest BCUT2D eigenvalue weighted by molar-refractivity contribution is -0.125. The summed E-state index contributed by atoms with van der Waals surface area (Å²) in [5.41, 5.74) is 4.83. The number of nitrogens with two attached hydrogens (primary N) is 1. The summed E-state index contributed by atoms with van der Waals surface area (Å²) in [7, 11) is 0. The molecule has 0 fully saturated rings. The Morgan fingerprint density at radius 3 is 1.82 bits per heavy atom. The molecule has 0 spiro atoms. The molecule has 0 aliphatic heterocycles. The first kappa shape index (κ1) is 12.6. The van der Waals surface area contributed by atoms with Crippen molar-refractivity contribution in [1.29, 1.82) is 0 Å². The Bertz CT molecular complexity index is 134. The van der Waals surface area contributed by atoms with Crippen molar-refractivity contribution in [3.8, 4) is 0 Å². The van der Waals surface area contributed by atoms with Crippen LogP contribution in [0.25, 0.3) is 0 Å². The van der Waals surface area contributed by atoms with Gasteiger partial charge < -0.3 is 11.1 Å². The maximum atomic E-state index is 10.2. The zero-order chi connectivity index (χ0) is 9.44. The van der Waals surface area contributed by atoms with Crippen LogP contribution in [0.3, 0.4) is 0 Å². The molecule has 4 nitrogen and oxygen atoms in total. The third-order valence-corrected chi connectivity index (χ3v) is 0.847. The second-order valence-corrected chi connectivity index (χ2v) is 1.82. The van der Waals surface area contributed by atoms with Crippen molar-refractivity contribution >= 4 is 11.8 Å². The molecule has 0 aromatic rings. The van der Waals surface area contributed by atoms with E-state index in [9.17, 15) is 9.59 Å². The first-order valence-corrected chi connectivity index (χ1v) is 3.60. The van der Waals surface area contributed by atoms with Crippen molar-refractivity contribution < 1.29 is 9.59 Å². The Hall–Kier alpha value is -1.06. The standard InChI is InChI=1S/C5H10N2O2.C2H6/c1-3(5(6)9)7-4(2)8;1-2/h3H,1-2H3,(H2,6,9)(H,7,8);1-2H3/t3-;/m0./s1. The van der Waals surface area contributed by atoms with Crippen LogP contribution >= 0.6 is 0 Å². The predicted octanol–water partition coefficient (Wildman–Crippen LogP) is 0.0225. The van der Waals surface area contributed by atoms with Crippen LogP contribution in [-0.4, -0.2) is 17.9 Å². The quantitative estimate of drug-likeness (QED) is 0.597. The molecular formula is C7H16N2O2. The molecule has 11 heavy (non-hydrogen) atoms. The van der Waals surface area contributed by atoms with Gasteiger partial charge in [-0.2, -0.15) is 0 Å². The van der Waals surface area contributed by atoms with Crippen molar-refractivity contribution in [2.45, 2.75) is 33.7 Å². The fourth-order valence-corrected chi connectivity index (χ4v) is 0.376. The molecule has 4 heteroatoms. The highest BCUT2D eigenvalue weighted by atomic mass is 16.2. The summed E-state index contributed by atoms with van der Waals surface area (Å²) in [6.07, 6.45) is 0. The van der Waals surface area contributed by atoms with Crippen LogP contribution in [0.1, 0.15) is 27.7 Å². The van der Waals surface area contributed by atoms with E-state index in [2.05, 4.69) is 5.32 Å². The van der Waals surface area contributed by atoms with Crippen LogP contribution in [0, 0.1) is 0 Å². The molecule has 0 aromatic heterocycles. The van der Waals surface area contributed by atoms with Gasteiger partial charge in [0.05, 0.1) is 0 Å². The van der Waals surface area contributed by atoms with Crippen molar-refractivity contribution in [3.05, 3.63) is 0 Å².